The number of hydrogen-bond donors (Lipinski definition) is 1. The Hall–Kier alpha value is -0.760. The lowest BCUT2D eigenvalue weighted by Gasteiger charge is -2.17. The summed E-state index contributed by atoms with van der Waals surface area (Å²) in [6.07, 6.45) is 10.4. The molecule has 3 rings (SSSR count). The first-order valence-electron chi connectivity index (χ1n) is 8.30. The molecule has 1 fully saturated rings. The van der Waals surface area contributed by atoms with E-state index in [1.165, 1.54) is 61.1 Å². The van der Waals surface area contributed by atoms with Gasteiger partial charge in [0.15, 0.2) is 0 Å². The van der Waals surface area contributed by atoms with Gasteiger partial charge in [-0.3, -0.25) is 0 Å². The minimum absolute atomic E-state index is 0.628. The molecule has 0 aliphatic heterocycles. The molecule has 1 heterocycles. The Morgan fingerprint density at radius 2 is 2.10 bits per heavy atom. The van der Waals surface area contributed by atoms with Gasteiger partial charge in [-0.15, -0.1) is 11.3 Å². The van der Waals surface area contributed by atoms with Crippen LogP contribution in [0.1, 0.15) is 68.4 Å². The van der Waals surface area contributed by atoms with Gasteiger partial charge in [-0.2, -0.15) is 0 Å². The molecule has 0 amide bonds. The Bertz CT molecular complexity index is 496. The summed E-state index contributed by atoms with van der Waals surface area (Å²) >= 11 is 2.02. The lowest BCUT2D eigenvalue weighted by atomic mass is 9.91. The van der Waals surface area contributed by atoms with Gasteiger partial charge in [-0.05, 0) is 68.9 Å². The SMILES string of the molecule is C=C(CCC)c1c(NC(C)C2CC2)sc2c1CCCC2. The zero-order valence-corrected chi connectivity index (χ0v) is 13.7. The van der Waals surface area contributed by atoms with E-state index in [1.54, 1.807) is 10.4 Å². The number of allylic oxidation sites excluding steroid dienone is 1. The third kappa shape index (κ3) is 2.81. The fraction of sp³-hybridized carbons (Fsp3) is 0.667. The second-order valence-corrected chi connectivity index (χ2v) is 7.64. The van der Waals surface area contributed by atoms with Crippen LogP contribution in [0, 0.1) is 5.92 Å². The van der Waals surface area contributed by atoms with Crippen molar-refractivity contribution in [3.63, 3.8) is 0 Å². The second-order valence-electron chi connectivity index (χ2n) is 6.54. The van der Waals surface area contributed by atoms with E-state index < -0.39 is 0 Å². The molecule has 0 bridgehead atoms. The predicted octanol–water partition coefficient (Wildman–Crippen LogP) is 5.65. The molecule has 1 atom stereocenters. The third-order valence-electron chi connectivity index (χ3n) is 4.76. The molecule has 2 aliphatic rings. The van der Waals surface area contributed by atoms with Gasteiger partial charge < -0.3 is 5.32 Å². The molecule has 1 aromatic heterocycles. The van der Waals surface area contributed by atoms with Gasteiger partial charge in [0.05, 0.1) is 5.00 Å². The fourth-order valence-corrected chi connectivity index (χ4v) is 4.82. The first-order chi connectivity index (χ1) is 9.70. The van der Waals surface area contributed by atoms with Gasteiger partial charge in [0.25, 0.3) is 0 Å². The van der Waals surface area contributed by atoms with Gasteiger partial charge in [0, 0.05) is 16.5 Å². The van der Waals surface area contributed by atoms with Crippen LogP contribution in [0.3, 0.4) is 0 Å². The highest BCUT2D eigenvalue weighted by Crippen LogP contribution is 2.44. The van der Waals surface area contributed by atoms with E-state index in [9.17, 15) is 0 Å². The minimum Gasteiger partial charge on any atom is -0.374 e. The maximum absolute atomic E-state index is 4.39. The van der Waals surface area contributed by atoms with Crippen LogP contribution >= 0.6 is 11.3 Å². The van der Waals surface area contributed by atoms with Crippen molar-refractivity contribution in [1.82, 2.24) is 0 Å². The maximum Gasteiger partial charge on any atom is 0.0966 e. The Balaban J connectivity index is 1.89. The van der Waals surface area contributed by atoms with E-state index in [-0.39, 0.29) is 0 Å². The summed E-state index contributed by atoms with van der Waals surface area (Å²) in [6.45, 7) is 8.99. The number of anilines is 1. The van der Waals surface area contributed by atoms with Crippen LogP contribution in [0.4, 0.5) is 5.00 Å². The lowest BCUT2D eigenvalue weighted by molar-refractivity contribution is 0.691. The van der Waals surface area contributed by atoms with Gasteiger partial charge in [-0.25, -0.2) is 0 Å². The number of rotatable bonds is 6. The summed E-state index contributed by atoms with van der Waals surface area (Å²) in [4.78, 5) is 1.63. The number of thiophene rings is 1. The molecule has 0 radical (unpaired) electrons. The summed E-state index contributed by atoms with van der Waals surface area (Å²) in [5.74, 6) is 0.904. The quantitative estimate of drug-likeness (QED) is 0.713. The standard InChI is InChI=1S/C18H27NS/c1-4-7-12(2)17-15-8-5-6-9-16(15)20-18(17)19-13(3)14-10-11-14/h13-14,19H,2,4-11H2,1,3H3. The molecule has 1 unspecified atom stereocenters. The zero-order chi connectivity index (χ0) is 14.1. The first-order valence-corrected chi connectivity index (χ1v) is 9.11. The summed E-state index contributed by atoms with van der Waals surface area (Å²) in [6, 6.07) is 0.628. The zero-order valence-electron chi connectivity index (χ0n) is 12.9. The van der Waals surface area contributed by atoms with Crippen LogP contribution in [0.15, 0.2) is 6.58 Å². The van der Waals surface area contributed by atoms with Gasteiger partial charge in [-0.1, -0.05) is 19.9 Å². The summed E-state index contributed by atoms with van der Waals surface area (Å²) in [5, 5.41) is 5.25. The van der Waals surface area contributed by atoms with Crippen LogP contribution in [-0.2, 0) is 12.8 Å². The molecule has 0 saturated heterocycles. The summed E-state index contributed by atoms with van der Waals surface area (Å²) in [5.41, 5.74) is 4.49. The van der Waals surface area contributed by atoms with Crippen molar-refractivity contribution >= 4 is 21.9 Å². The predicted molar refractivity (Wildman–Crippen MR) is 90.7 cm³/mol. The molecule has 1 N–H and O–H groups in total. The molecule has 1 saturated carbocycles. The Kier molecular flexibility index (Phi) is 4.21. The van der Waals surface area contributed by atoms with Crippen LogP contribution in [0.2, 0.25) is 0 Å². The van der Waals surface area contributed by atoms with Crippen LogP contribution in [0.25, 0.3) is 5.57 Å². The maximum atomic E-state index is 4.39. The molecule has 2 aliphatic carbocycles. The van der Waals surface area contributed by atoms with Crippen molar-refractivity contribution in [3.05, 3.63) is 22.6 Å². The molecule has 110 valence electrons. The molecule has 2 heteroatoms. The van der Waals surface area contributed by atoms with E-state index in [4.69, 9.17) is 0 Å². The fourth-order valence-electron chi connectivity index (χ4n) is 3.39. The monoisotopic (exact) mass is 289 g/mol. The number of fused-ring (bicyclic) bond motifs is 1. The summed E-state index contributed by atoms with van der Waals surface area (Å²) in [7, 11) is 0. The summed E-state index contributed by atoms with van der Waals surface area (Å²) < 4.78 is 0. The highest BCUT2D eigenvalue weighted by molar-refractivity contribution is 7.16. The van der Waals surface area contributed by atoms with Crippen molar-refractivity contribution in [2.24, 2.45) is 5.92 Å². The van der Waals surface area contributed by atoms with E-state index in [0.717, 1.165) is 12.3 Å². The van der Waals surface area contributed by atoms with Gasteiger partial charge in [0.1, 0.15) is 0 Å². The number of nitrogens with one attached hydrogen (secondary N) is 1. The average Bonchev–Trinajstić information content (AvgIpc) is 3.21. The van der Waals surface area contributed by atoms with E-state index >= 15 is 0 Å². The largest absolute Gasteiger partial charge is 0.374 e. The topological polar surface area (TPSA) is 12.0 Å². The van der Waals surface area contributed by atoms with Crippen LogP contribution in [-0.4, -0.2) is 6.04 Å². The second kappa shape index (κ2) is 5.93. The molecule has 1 nitrogen and oxygen atoms in total. The molecule has 1 aromatic rings. The van der Waals surface area contributed by atoms with Crippen LogP contribution < -0.4 is 5.32 Å². The van der Waals surface area contributed by atoms with Gasteiger partial charge >= 0.3 is 0 Å². The normalized spacial score (nSPS) is 19.5. The Morgan fingerprint density at radius 3 is 2.80 bits per heavy atom. The third-order valence-corrected chi connectivity index (χ3v) is 5.99. The minimum atomic E-state index is 0.628. The van der Waals surface area contributed by atoms with Crippen molar-refractivity contribution in [2.45, 2.75) is 71.3 Å². The molecule has 20 heavy (non-hydrogen) atoms. The van der Waals surface area contributed by atoms with Gasteiger partial charge in [0.2, 0.25) is 0 Å². The van der Waals surface area contributed by atoms with E-state index in [2.05, 4.69) is 25.7 Å². The van der Waals surface area contributed by atoms with E-state index in [1.807, 2.05) is 11.3 Å². The molecule has 0 spiro atoms. The smallest absolute Gasteiger partial charge is 0.0966 e. The number of aryl methyl sites for hydroxylation is 1. The van der Waals surface area contributed by atoms with Crippen molar-refractivity contribution in [3.8, 4) is 0 Å². The van der Waals surface area contributed by atoms with Crippen molar-refractivity contribution < 1.29 is 0 Å². The highest BCUT2D eigenvalue weighted by Gasteiger charge is 2.30. The Labute approximate surface area is 127 Å². The Morgan fingerprint density at radius 1 is 1.35 bits per heavy atom. The average molecular weight is 289 g/mol. The van der Waals surface area contributed by atoms with Crippen molar-refractivity contribution in [2.75, 3.05) is 5.32 Å². The van der Waals surface area contributed by atoms with Crippen LogP contribution in [0.5, 0.6) is 0 Å². The number of hydrogen-bond acceptors (Lipinski definition) is 2. The van der Waals surface area contributed by atoms with Crippen molar-refractivity contribution in [1.29, 1.82) is 0 Å². The lowest BCUT2D eigenvalue weighted by Crippen LogP contribution is -2.17. The highest BCUT2D eigenvalue weighted by atomic mass is 32.1. The molecular formula is C18H27NS. The molecule has 0 aromatic carbocycles. The molecular weight excluding hydrogens is 262 g/mol. The first kappa shape index (κ1) is 14.2. The van der Waals surface area contributed by atoms with E-state index in [0.29, 0.717) is 6.04 Å².